The minimum atomic E-state index is 0. The summed E-state index contributed by atoms with van der Waals surface area (Å²) in [5, 5.41) is 7.82. The molecule has 2 rings (SSSR count). The number of aryl methyl sites for hydroxylation is 2. The predicted octanol–water partition coefficient (Wildman–Crippen LogP) is 3.74. The van der Waals surface area contributed by atoms with Gasteiger partial charge in [-0.15, -0.1) is 46.7 Å². The van der Waals surface area contributed by atoms with Crippen molar-refractivity contribution < 1.29 is 0 Å². The van der Waals surface area contributed by atoms with Gasteiger partial charge < -0.3 is 10.6 Å². The topological polar surface area (TPSA) is 49.3 Å². The smallest absolute Gasteiger partial charge is 0.191 e. The molecule has 7 heteroatoms. The Labute approximate surface area is 157 Å². The van der Waals surface area contributed by atoms with E-state index in [1.165, 1.54) is 14.6 Å². The Bertz CT molecular complexity index is 606. The van der Waals surface area contributed by atoms with Crippen LogP contribution in [0.15, 0.2) is 23.3 Å². The van der Waals surface area contributed by atoms with Gasteiger partial charge in [0.2, 0.25) is 0 Å². The molecule has 1 atom stereocenters. The number of aromatic nitrogens is 1. The fourth-order valence-electron chi connectivity index (χ4n) is 2.02. The Morgan fingerprint density at radius 3 is 2.59 bits per heavy atom. The number of rotatable bonds is 5. The van der Waals surface area contributed by atoms with Gasteiger partial charge in [0.1, 0.15) is 5.01 Å². The van der Waals surface area contributed by atoms with E-state index >= 15 is 0 Å². The van der Waals surface area contributed by atoms with E-state index in [2.05, 4.69) is 53.5 Å². The Balaban J connectivity index is 0.00000242. The number of hydrogen-bond donors (Lipinski definition) is 2. The van der Waals surface area contributed by atoms with Crippen LogP contribution in [0.2, 0.25) is 0 Å². The van der Waals surface area contributed by atoms with Crippen LogP contribution in [0.4, 0.5) is 0 Å². The molecule has 0 fully saturated rings. The van der Waals surface area contributed by atoms with Crippen molar-refractivity contribution in [2.45, 2.75) is 39.8 Å². The molecule has 0 aliphatic carbocycles. The Hall–Kier alpha value is -0.670. The van der Waals surface area contributed by atoms with Crippen molar-refractivity contribution in [3.05, 3.63) is 38.0 Å². The molecule has 2 aromatic rings. The summed E-state index contributed by atoms with van der Waals surface area (Å²) in [5.41, 5.74) is 0. The minimum Gasteiger partial charge on any atom is -0.354 e. The third kappa shape index (κ3) is 6.21. The van der Waals surface area contributed by atoms with Crippen molar-refractivity contribution in [2.75, 3.05) is 7.05 Å². The Morgan fingerprint density at radius 1 is 1.27 bits per heavy atom. The van der Waals surface area contributed by atoms with Gasteiger partial charge in [-0.05, 0) is 32.9 Å². The first-order chi connectivity index (χ1) is 10.1. The standard InChI is InChI=1S/C15H22N4S2.HI/c1-10(7-13-6-5-11(2)20-13)19-15(16-4)18-9-14-17-8-12(3)21-14;/h5-6,8,10H,7,9H2,1-4H3,(H2,16,18,19);1H. The van der Waals surface area contributed by atoms with Crippen LogP contribution >= 0.6 is 46.7 Å². The zero-order chi connectivity index (χ0) is 15.2. The van der Waals surface area contributed by atoms with E-state index in [1.54, 1.807) is 18.4 Å². The van der Waals surface area contributed by atoms with E-state index in [-0.39, 0.29) is 24.0 Å². The molecule has 0 aromatic carbocycles. The van der Waals surface area contributed by atoms with E-state index in [0.29, 0.717) is 12.6 Å². The van der Waals surface area contributed by atoms with Gasteiger partial charge in [-0.3, -0.25) is 4.99 Å². The zero-order valence-corrected chi connectivity index (χ0v) is 17.3. The quantitative estimate of drug-likeness (QED) is 0.415. The maximum Gasteiger partial charge on any atom is 0.191 e. The van der Waals surface area contributed by atoms with E-state index in [1.807, 2.05) is 17.5 Å². The van der Waals surface area contributed by atoms with E-state index in [0.717, 1.165) is 17.4 Å². The van der Waals surface area contributed by atoms with Crippen LogP contribution in [-0.4, -0.2) is 24.0 Å². The second kappa shape index (κ2) is 9.46. The highest BCUT2D eigenvalue weighted by molar-refractivity contribution is 14.0. The largest absolute Gasteiger partial charge is 0.354 e. The molecule has 22 heavy (non-hydrogen) atoms. The lowest BCUT2D eigenvalue weighted by atomic mass is 10.2. The Kier molecular flexibility index (Phi) is 8.34. The number of halogens is 1. The summed E-state index contributed by atoms with van der Waals surface area (Å²) in [7, 11) is 1.80. The second-order valence-electron chi connectivity index (χ2n) is 5.05. The number of thiazole rings is 1. The van der Waals surface area contributed by atoms with E-state index in [4.69, 9.17) is 0 Å². The molecule has 0 saturated carbocycles. The van der Waals surface area contributed by atoms with E-state index < -0.39 is 0 Å². The van der Waals surface area contributed by atoms with Crippen molar-refractivity contribution in [3.63, 3.8) is 0 Å². The lowest BCUT2D eigenvalue weighted by Gasteiger charge is -2.16. The molecule has 0 bridgehead atoms. The molecule has 0 aliphatic heterocycles. The molecular formula is C15H23IN4S2. The van der Waals surface area contributed by atoms with Crippen LogP contribution in [-0.2, 0) is 13.0 Å². The summed E-state index contributed by atoms with van der Waals surface area (Å²) >= 11 is 3.56. The highest BCUT2D eigenvalue weighted by Gasteiger charge is 2.08. The number of guanidine groups is 1. The first-order valence-electron chi connectivity index (χ1n) is 7.00. The monoisotopic (exact) mass is 450 g/mol. The molecule has 2 heterocycles. The van der Waals surface area contributed by atoms with Crippen molar-refractivity contribution in [3.8, 4) is 0 Å². The van der Waals surface area contributed by atoms with Crippen molar-refractivity contribution in [2.24, 2.45) is 4.99 Å². The summed E-state index contributed by atoms with van der Waals surface area (Å²) in [4.78, 5) is 12.6. The molecule has 2 N–H and O–H groups in total. The highest BCUT2D eigenvalue weighted by atomic mass is 127. The van der Waals surface area contributed by atoms with Gasteiger partial charge in [0.05, 0.1) is 6.54 Å². The lowest BCUT2D eigenvalue weighted by molar-refractivity contribution is 0.644. The van der Waals surface area contributed by atoms with Crippen molar-refractivity contribution in [1.82, 2.24) is 15.6 Å². The maximum absolute atomic E-state index is 4.35. The van der Waals surface area contributed by atoms with Crippen LogP contribution < -0.4 is 10.6 Å². The molecule has 122 valence electrons. The number of hydrogen-bond acceptors (Lipinski definition) is 4. The zero-order valence-electron chi connectivity index (χ0n) is 13.3. The summed E-state index contributed by atoms with van der Waals surface area (Å²) < 4.78 is 0. The molecule has 0 amide bonds. The first-order valence-corrected chi connectivity index (χ1v) is 8.64. The summed E-state index contributed by atoms with van der Waals surface area (Å²) in [6, 6.07) is 4.71. The third-order valence-corrected chi connectivity index (χ3v) is 4.92. The van der Waals surface area contributed by atoms with Gasteiger partial charge in [0.15, 0.2) is 5.96 Å². The molecule has 0 saturated heterocycles. The average molecular weight is 450 g/mol. The second-order valence-corrected chi connectivity index (χ2v) is 7.74. The van der Waals surface area contributed by atoms with Gasteiger partial charge in [0.25, 0.3) is 0 Å². The predicted molar refractivity (Wildman–Crippen MR) is 108 cm³/mol. The first kappa shape index (κ1) is 19.4. The average Bonchev–Trinajstić information content (AvgIpc) is 3.03. The van der Waals surface area contributed by atoms with Crippen LogP contribution in [0.3, 0.4) is 0 Å². The fraction of sp³-hybridized carbons (Fsp3) is 0.467. The summed E-state index contributed by atoms with van der Waals surface area (Å²) in [6.45, 7) is 7.10. The minimum absolute atomic E-state index is 0. The normalized spacial score (nSPS) is 12.6. The van der Waals surface area contributed by atoms with Crippen molar-refractivity contribution >= 4 is 52.6 Å². The number of nitrogens with zero attached hydrogens (tertiary/aromatic N) is 2. The molecule has 0 spiro atoms. The Morgan fingerprint density at radius 2 is 2.05 bits per heavy atom. The number of nitrogens with one attached hydrogen (secondary N) is 2. The van der Waals surface area contributed by atoms with E-state index in [9.17, 15) is 0 Å². The fourth-order valence-corrected chi connectivity index (χ4v) is 3.76. The van der Waals surface area contributed by atoms with Gasteiger partial charge in [-0.25, -0.2) is 4.98 Å². The maximum atomic E-state index is 4.35. The third-order valence-electron chi connectivity index (χ3n) is 2.99. The number of aliphatic imine (C=N–C) groups is 1. The van der Waals surface area contributed by atoms with Crippen LogP contribution in [0.5, 0.6) is 0 Å². The van der Waals surface area contributed by atoms with Crippen LogP contribution in [0, 0.1) is 13.8 Å². The van der Waals surface area contributed by atoms with Crippen molar-refractivity contribution in [1.29, 1.82) is 0 Å². The van der Waals surface area contributed by atoms with Crippen LogP contribution in [0.25, 0.3) is 0 Å². The van der Waals surface area contributed by atoms with Crippen LogP contribution in [0.1, 0.15) is 26.6 Å². The highest BCUT2D eigenvalue weighted by Crippen LogP contribution is 2.16. The number of thiophene rings is 1. The molecular weight excluding hydrogens is 427 g/mol. The molecule has 0 aliphatic rings. The molecule has 2 aromatic heterocycles. The van der Waals surface area contributed by atoms with Gasteiger partial charge in [-0.1, -0.05) is 0 Å². The van der Waals surface area contributed by atoms with Gasteiger partial charge in [0, 0.05) is 40.3 Å². The summed E-state index contributed by atoms with van der Waals surface area (Å²) in [5.74, 6) is 0.823. The SMILES string of the molecule is CN=C(NCc1ncc(C)s1)NC(C)Cc1ccc(C)s1.I. The molecule has 0 radical (unpaired) electrons. The van der Waals surface area contributed by atoms with Gasteiger partial charge in [-0.2, -0.15) is 0 Å². The molecule has 4 nitrogen and oxygen atoms in total. The molecule has 1 unspecified atom stereocenters. The summed E-state index contributed by atoms with van der Waals surface area (Å²) in [6.07, 6.45) is 2.91. The lowest BCUT2D eigenvalue weighted by Crippen LogP contribution is -2.42. The van der Waals surface area contributed by atoms with Gasteiger partial charge >= 0.3 is 0 Å².